The zero-order chi connectivity index (χ0) is 13.5. The monoisotopic (exact) mass is 248 g/mol. The Morgan fingerprint density at radius 3 is 2.89 bits per heavy atom. The Balaban J connectivity index is 3.09. The first-order valence-electron chi connectivity index (χ1n) is 4.74. The maximum absolute atomic E-state index is 10.7. The summed E-state index contributed by atoms with van der Waals surface area (Å²) < 4.78 is 4.91. The first-order valence-corrected chi connectivity index (χ1v) is 4.74. The van der Waals surface area contributed by atoms with Crippen molar-refractivity contribution in [3.8, 4) is 11.8 Å². The quantitative estimate of drug-likeness (QED) is 0.480. The average molecular weight is 248 g/mol. The lowest BCUT2D eigenvalue weighted by atomic mass is 10.2. The van der Waals surface area contributed by atoms with Gasteiger partial charge in [0, 0.05) is 12.1 Å². The van der Waals surface area contributed by atoms with Crippen LogP contribution in [0.15, 0.2) is 24.3 Å². The number of aliphatic carboxylic acids is 1. The highest BCUT2D eigenvalue weighted by molar-refractivity contribution is 5.85. The zero-order valence-electron chi connectivity index (χ0n) is 9.07. The predicted octanol–water partition coefficient (Wildman–Crippen LogP) is 1.59. The lowest BCUT2D eigenvalue weighted by Crippen LogP contribution is -1.98. The predicted molar refractivity (Wildman–Crippen MR) is 60.9 cm³/mol. The Hall–Kier alpha value is -2.88. The molecule has 92 valence electrons. The number of benzene rings is 1. The summed E-state index contributed by atoms with van der Waals surface area (Å²) in [5, 5.41) is 27.5. The fourth-order valence-corrected chi connectivity index (χ4v) is 1.18. The van der Waals surface area contributed by atoms with Crippen molar-refractivity contribution >= 4 is 17.7 Å². The number of rotatable bonds is 5. The minimum Gasteiger partial charge on any atom is -0.478 e. The fourth-order valence-electron chi connectivity index (χ4n) is 1.18. The largest absolute Gasteiger partial charge is 0.478 e. The molecular weight excluding hydrogens is 240 g/mol. The molecule has 7 nitrogen and oxygen atoms in total. The Kier molecular flexibility index (Phi) is 4.40. The number of nitrogens with zero attached hydrogens (tertiary/aromatic N) is 2. The van der Waals surface area contributed by atoms with Crippen molar-refractivity contribution < 1.29 is 19.6 Å². The second-order valence-corrected chi connectivity index (χ2v) is 3.10. The van der Waals surface area contributed by atoms with Crippen molar-refractivity contribution in [1.29, 1.82) is 5.26 Å². The molecule has 0 atom stereocenters. The molecule has 0 fully saturated rings. The molecule has 1 N–H and O–H groups in total. The van der Waals surface area contributed by atoms with E-state index in [1.165, 1.54) is 24.3 Å². The molecule has 0 saturated heterocycles. The molecule has 18 heavy (non-hydrogen) atoms. The van der Waals surface area contributed by atoms with E-state index in [-0.39, 0.29) is 18.0 Å². The van der Waals surface area contributed by atoms with E-state index in [9.17, 15) is 14.9 Å². The Morgan fingerprint density at radius 1 is 1.61 bits per heavy atom. The summed E-state index contributed by atoms with van der Waals surface area (Å²) in [4.78, 5) is 20.4. The average Bonchev–Trinajstić information content (AvgIpc) is 2.33. The molecule has 0 aliphatic heterocycles. The van der Waals surface area contributed by atoms with Crippen LogP contribution >= 0.6 is 0 Å². The normalized spacial score (nSPS) is 9.94. The van der Waals surface area contributed by atoms with Crippen molar-refractivity contribution in [2.75, 3.05) is 6.61 Å². The number of carbonyl (C=O) groups is 1. The summed E-state index contributed by atoms with van der Waals surface area (Å²) in [7, 11) is 0. The van der Waals surface area contributed by atoms with E-state index in [1.54, 1.807) is 6.07 Å². The first-order chi connectivity index (χ1) is 8.54. The molecule has 1 rings (SSSR count). The second kappa shape index (κ2) is 6.00. The van der Waals surface area contributed by atoms with Gasteiger partial charge < -0.3 is 9.84 Å². The van der Waals surface area contributed by atoms with Crippen LogP contribution in [-0.2, 0) is 4.79 Å². The second-order valence-electron chi connectivity index (χ2n) is 3.10. The summed E-state index contributed by atoms with van der Waals surface area (Å²) in [5.41, 5.74) is 0.147. The molecule has 1 aromatic rings. The zero-order valence-corrected chi connectivity index (χ0v) is 9.07. The van der Waals surface area contributed by atoms with Crippen molar-refractivity contribution in [3.05, 3.63) is 40.0 Å². The first kappa shape index (κ1) is 13.2. The minimum atomic E-state index is -1.13. The molecule has 0 unspecified atom stereocenters. The number of carboxylic acids is 1. The summed E-state index contributed by atoms with van der Waals surface area (Å²) in [5.74, 6) is -1.21. The molecule has 0 aliphatic carbocycles. The number of nitro benzene ring substituents is 1. The van der Waals surface area contributed by atoms with E-state index in [0.29, 0.717) is 5.56 Å². The Labute approximate surface area is 102 Å². The van der Waals surface area contributed by atoms with Crippen LogP contribution in [0.4, 0.5) is 5.69 Å². The maximum Gasteiger partial charge on any atom is 0.328 e. The summed E-state index contributed by atoms with van der Waals surface area (Å²) in [6.07, 6.45) is 2.17. The van der Waals surface area contributed by atoms with Crippen molar-refractivity contribution in [2.45, 2.75) is 0 Å². The van der Waals surface area contributed by atoms with Gasteiger partial charge >= 0.3 is 11.7 Å². The number of nitro groups is 1. The molecular formula is C11H8N2O5. The van der Waals surface area contributed by atoms with Gasteiger partial charge in [-0.05, 0) is 23.8 Å². The molecule has 7 heteroatoms. The van der Waals surface area contributed by atoms with Gasteiger partial charge in [0.2, 0.25) is 0 Å². The van der Waals surface area contributed by atoms with Gasteiger partial charge in [0.05, 0.1) is 4.92 Å². The number of hydrogen-bond donors (Lipinski definition) is 1. The number of carboxylic acid groups (broad SMARTS) is 1. The lowest BCUT2D eigenvalue weighted by Gasteiger charge is -2.03. The van der Waals surface area contributed by atoms with E-state index in [0.717, 1.165) is 6.08 Å². The number of ether oxygens (including phenoxy) is 1. The summed E-state index contributed by atoms with van der Waals surface area (Å²) in [6, 6.07) is 5.57. The third-order valence-corrected chi connectivity index (χ3v) is 1.89. The van der Waals surface area contributed by atoms with Gasteiger partial charge in [0.1, 0.15) is 6.07 Å². The van der Waals surface area contributed by atoms with Gasteiger partial charge in [-0.25, -0.2) is 4.79 Å². The van der Waals surface area contributed by atoms with E-state index in [4.69, 9.17) is 15.1 Å². The topological polar surface area (TPSA) is 113 Å². The van der Waals surface area contributed by atoms with Crippen molar-refractivity contribution in [2.24, 2.45) is 0 Å². The molecule has 1 aromatic carbocycles. The molecule has 0 bridgehead atoms. The van der Waals surface area contributed by atoms with Crippen LogP contribution in [0.25, 0.3) is 6.08 Å². The number of hydrogen-bond acceptors (Lipinski definition) is 5. The Morgan fingerprint density at radius 2 is 2.33 bits per heavy atom. The van der Waals surface area contributed by atoms with Crippen molar-refractivity contribution in [3.63, 3.8) is 0 Å². The Bertz CT molecular complexity index is 545. The van der Waals surface area contributed by atoms with Gasteiger partial charge in [0.25, 0.3) is 0 Å². The molecule has 0 aliphatic rings. The van der Waals surface area contributed by atoms with E-state index in [2.05, 4.69) is 0 Å². The molecule has 0 saturated carbocycles. The third kappa shape index (κ3) is 3.61. The lowest BCUT2D eigenvalue weighted by molar-refractivity contribution is -0.385. The van der Waals surface area contributed by atoms with E-state index >= 15 is 0 Å². The van der Waals surface area contributed by atoms with Crippen LogP contribution in [0.2, 0.25) is 0 Å². The highest BCUT2D eigenvalue weighted by atomic mass is 16.6. The van der Waals surface area contributed by atoms with Gasteiger partial charge in [-0.3, -0.25) is 10.1 Å². The van der Waals surface area contributed by atoms with Crippen LogP contribution in [0.3, 0.4) is 0 Å². The highest BCUT2D eigenvalue weighted by Crippen LogP contribution is 2.28. The molecule has 0 spiro atoms. The minimum absolute atomic E-state index is 0.0749. The van der Waals surface area contributed by atoms with Crippen LogP contribution in [-0.4, -0.2) is 22.6 Å². The standard InChI is InChI=1S/C11H8N2O5/c12-5-6-18-10-7-8(2-4-11(14)15)1-3-9(10)13(16)17/h1-4,7H,6H2,(H,14,15)/b4-2+. The van der Waals surface area contributed by atoms with Gasteiger partial charge in [0.15, 0.2) is 12.4 Å². The van der Waals surface area contributed by atoms with Gasteiger partial charge in [-0.1, -0.05) is 0 Å². The van der Waals surface area contributed by atoms with Gasteiger partial charge in [-0.15, -0.1) is 0 Å². The molecule has 0 aromatic heterocycles. The fraction of sp³-hybridized carbons (Fsp3) is 0.0909. The molecule has 0 heterocycles. The molecule has 0 radical (unpaired) electrons. The smallest absolute Gasteiger partial charge is 0.328 e. The van der Waals surface area contributed by atoms with Crippen LogP contribution in [0.5, 0.6) is 5.75 Å². The highest BCUT2D eigenvalue weighted by Gasteiger charge is 2.14. The SMILES string of the molecule is N#CCOc1cc(/C=C/C(=O)O)ccc1[N+](=O)[O-]. The summed E-state index contributed by atoms with van der Waals surface area (Å²) >= 11 is 0. The third-order valence-electron chi connectivity index (χ3n) is 1.89. The van der Waals surface area contributed by atoms with Crippen LogP contribution in [0, 0.1) is 21.4 Å². The van der Waals surface area contributed by atoms with E-state index in [1.807, 2.05) is 0 Å². The summed E-state index contributed by atoms with van der Waals surface area (Å²) in [6.45, 7) is -0.326. The van der Waals surface area contributed by atoms with Gasteiger partial charge in [-0.2, -0.15) is 5.26 Å². The van der Waals surface area contributed by atoms with Crippen molar-refractivity contribution in [1.82, 2.24) is 0 Å². The van der Waals surface area contributed by atoms with E-state index < -0.39 is 10.9 Å². The molecule has 0 amide bonds. The van der Waals surface area contributed by atoms with Crippen LogP contribution < -0.4 is 4.74 Å². The number of nitriles is 1. The van der Waals surface area contributed by atoms with Crippen LogP contribution in [0.1, 0.15) is 5.56 Å². The maximum atomic E-state index is 10.7.